The molecule has 1 N–H and O–H groups in total. The van der Waals surface area contributed by atoms with Gasteiger partial charge < -0.3 is 15.0 Å². The van der Waals surface area contributed by atoms with E-state index in [1.165, 1.54) is 0 Å². The highest BCUT2D eigenvalue weighted by molar-refractivity contribution is 6.06. The second-order valence-corrected chi connectivity index (χ2v) is 6.14. The minimum Gasteiger partial charge on any atom is -0.478 e. The van der Waals surface area contributed by atoms with Gasteiger partial charge in [-0.25, -0.2) is 4.98 Å². The second kappa shape index (κ2) is 9.23. The largest absolute Gasteiger partial charge is 0.478 e. The van der Waals surface area contributed by atoms with Crippen molar-refractivity contribution in [2.75, 3.05) is 33.8 Å². The maximum atomic E-state index is 12.6. The molecule has 24 heavy (non-hydrogen) atoms. The van der Waals surface area contributed by atoms with Crippen LogP contribution in [-0.4, -0.2) is 49.6 Å². The van der Waals surface area contributed by atoms with Gasteiger partial charge in [-0.1, -0.05) is 38.0 Å². The van der Waals surface area contributed by atoms with Crippen molar-refractivity contribution in [3.63, 3.8) is 0 Å². The molecule has 5 nitrogen and oxygen atoms in total. The number of benzene rings is 1. The Kier molecular flexibility index (Phi) is 7.00. The van der Waals surface area contributed by atoms with Crippen LogP contribution in [-0.2, 0) is 0 Å². The molecule has 2 aromatic rings. The van der Waals surface area contributed by atoms with Crippen LogP contribution < -0.4 is 10.1 Å². The number of para-hydroxylation sites is 1. The molecule has 0 saturated heterocycles. The Morgan fingerprint density at radius 2 is 2.04 bits per heavy atom. The Hall–Kier alpha value is -2.14. The zero-order valence-corrected chi connectivity index (χ0v) is 14.8. The van der Waals surface area contributed by atoms with Crippen LogP contribution in [0, 0.1) is 0 Å². The summed E-state index contributed by atoms with van der Waals surface area (Å²) in [5.41, 5.74) is 1.40. The van der Waals surface area contributed by atoms with Gasteiger partial charge in [0.2, 0.25) is 5.88 Å². The molecule has 0 aliphatic heterocycles. The smallest absolute Gasteiger partial charge is 0.252 e. The molecular formula is C19H27N3O2. The summed E-state index contributed by atoms with van der Waals surface area (Å²) in [6, 6.07) is 9.42. The van der Waals surface area contributed by atoms with E-state index in [1.54, 1.807) is 6.07 Å². The molecule has 2 rings (SSSR count). The number of hydrogen-bond acceptors (Lipinski definition) is 4. The summed E-state index contributed by atoms with van der Waals surface area (Å²) in [6.45, 7) is 4.19. The molecule has 0 fully saturated rings. The first-order valence-electron chi connectivity index (χ1n) is 8.57. The van der Waals surface area contributed by atoms with Gasteiger partial charge in [-0.15, -0.1) is 0 Å². The number of likely N-dealkylation sites (N-methyl/N-ethyl adjacent to an activating group) is 1. The highest BCUT2D eigenvalue weighted by Crippen LogP contribution is 2.22. The summed E-state index contributed by atoms with van der Waals surface area (Å²) in [5.74, 6) is 0.427. The number of rotatable bonds is 9. The van der Waals surface area contributed by atoms with E-state index in [2.05, 4.69) is 17.2 Å². The molecule has 0 aliphatic carbocycles. The number of amides is 1. The van der Waals surface area contributed by atoms with E-state index in [0.717, 1.165) is 36.7 Å². The first-order chi connectivity index (χ1) is 11.6. The van der Waals surface area contributed by atoms with Gasteiger partial charge in [0.25, 0.3) is 5.91 Å². The fourth-order valence-corrected chi connectivity index (χ4v) is 2.43. The Labute approximate surface area is 144 Å². The van der Waals surface area contributed by atoms with Crippen molar-refractivity contribution in [2.24, 2.45) is 0 Å². The van der Waals surface area contributed by atoms with Gasteiger partial charge in [0.15, 0.2) is 0 Å². The lowest BCUT2D eigenvalue weighted by Gasteiger charge is -2.13. The van der Waals surface area contributed by atoms with E-state index in [9.17, 15) is 4.79 Å². The zero-order chi connectivity index (χ0) is 17.4. The fraction of sp³-hybridized carbons (Fsp3) is 0.474. The molecule has 0 saturated carbocycles. The third-order valence-corrected chi connectivity index (χ3v) is 3.78. The topological polar surface area (TPSA) is 54.5 Å². The van der Waals surface area contributed by atoms with Crippen molar-refractivity contribution in [1.82, 2.24) is 15.2 Å². The van der Waals surface area contributed by atoms with E-state index in [0.29, 0.717) is 24.6 Å². The zero-order valence-electron chi connectivity index (χ0n) is 14.8. The molecule has 0 spiro atoms. The predicted molar refractivity (Wildman–Crippen MR) is 97.7 cm³/mol. The average molecular weight is 329 g/mol. The van der Waals surface area contributed by atoms with E-state index in [-0.39, 0.29) is 5.91 Å². The number of carbonyl (C=O) groups is 1. The SMILES string of the molecule is CCCCCOc1cc(C(=O)NCCN(C)C)c2ccccc2n1. The van der Waals surface area contributed by atoms with Gasteiger partial charge in [-0.05, 0) is 26.6 Å². The molecule has 130 valence electrons. The lowest BCUT2D eigenvalue weighted by Crippen LogP contribution is -2.31. The van der Waals surface area contributed by atoms with Crippen molar-refractivity contribution in [2.45, 2.75) is 26.2 Å². The van der Waals surface area contributed by atoms with E-state index in [1.807, 2.05) is 43.3 Å². The first-order valence-corrected chi connectivity index (χ1v) is 8.57. The van der Waals surface area contributed by atoms with Crippen molar-refractivity contribution in [1.29, 1.82) is 0 Å². The Balaban J connectivity index is 2.17. The summed E-state index contributed by atoms with van der Waals surface area (Å²) in [4.78, 5) is 19.1. The molecule has 1 aromatic carbocycles. The molecule has 0 aliphatic rings. The van der Waals surface area contributed by atoms with E-state index >= 15 is 0 Å². The standard InChI is InChI=1S/C19H27N3O2/c1-4-5-8-13-24-18-14-16(19(23)20-11-12-22(2)3)15-9-6-7-10-17(15)21-18/h6-7,9-10,14H,4-5,8,11-13H2,1-3H3,(H,20,23). The van der Waals surface area contributed by atoms with Crippen LogP contribution in [0.15, 0.2) is 30.3 Å². The van der Waals surface area contributed by atoms with Gasteiger partial charge in [0.1, 0.15) is 0 Å². The molecular weight excluding hydrogens is 302 g/mol. The number of nitrogens with one attached hydrogen (secondary N) is 1. The summed E-state index contributed by atoms with van der Waals surface area (Å²) >= 11 is 0. The number of carbonyl (C=O) groups excluding carboxylic acids is 1. The molecule has 1 amide bonds. The maximum absolute atomic E-state index is 12.6. The molecule has 5 heteroatoms. The van der Waals surface area contributed by atoms with Gasteiger partial charge in [0.05, 0.1) is 17.7 Å². The third kappa shape index (κ3) is 5.20. The Morgan fingerprint density at radius 3 is 2.79 bits per heavy atom. The Morgan fingerprint density at radius 1 is 1.25 bits per heavy atom. The second-order valence-electron chi connectivity index (χ2n) is 6.14. The van der Waals surface area contributed by atoms with Crippen LogP contribution >= 0.6 is 0 Å². The number of pyridine rings is 1. The summed E-state index contributed by atoms with van der Waals surface area (Å²) < 4.78 is 5.75. The highest BCUT2D eigenvalue weighted by Gasteiger charge is 2.13. The number of unbranched alkanes of at least 4 members (excludes halogenated alkanes) is 2. The third-order valence-electron chi connectivity index (χ3n) is 3.78. The number of nitrogens with zero attached hydrogens (tertiary/aromatic N) is 2. The molecule has 0 atom stereocenters. The number of aromatic nitrogens is 1. The molecule has 0 radical (unpaired) electrons. The van der Waals surface area contributed by atoms with Crippen LogP contribution in [0.3, 0.4) is 0 Å². The molecule has 1 heterocycles. The van der Waals surface area contributed by atoms with E-state index < -0.39 is 0 Å². The monoisotopic (exact) mass is 329 g/mol. The quantitative estimate of drug-likeness (QED) is 0.718. The van der Waals surface area contributed by atoms with Crippen LogP contribution in [0.5, 0.6) is 5.88 Å². The minimum absolute atomic E-state index is 0.0890. The summed E-state index contributed by atoms with van der Waals surface area (Å²) in [6.07, 6.45) is 3.27. The normalized spacial score (nSPS) is 11.0. The summed E-state index contributed by atoms with van der Waals surface area (Å²) in [5, 5.41) is 3.81. The Bertz CT molecular complexity index is 671. The maximum Gasteiger partial charge on any atom is 0.252 e. The van der Waals surface area contributed by atoms with Crippen LogP contribution in [0.1, 0.15) is 36.5 Å². The van der Waals surface area contributed by atoms with Crippen molar-refractivity contribution >= 4 is 16.8 Å². The number of ether oxygens (including phenoxy) is 1. The predicted octanol–water partition coefficient (Wildman–Crippen LogP) is 3.10. The molecule has 0 unspecified atom stereocenters. The van der Waals surface area contributed by atoms with E-state index in [4.69, 9.17) is 4.74 Å². The number of hydrogen-bond donors (Lipinski definition) is 1. The van der Waals surface area contributed by atoms with Crippen molar-refractivity contribution in [3.8, 4) is 5.88 Å². The van der Waals surface area contributed by atoms with Crippen molar-refractivity contribution in [3.05, 3.63) is 35.9 Å². The summed E-state index contributed by atoms with van der Waals surface area (Å²) in [7, 11) is 3.96. The van der Waals surface area contributed by atoms with Gasteiger partial charge in [-0.3, -0.25) is 4.79 Å². The van der Waals surface area contributed by atoms with Crippen LogP contribution in [0.25, 0.3) is 10.9 Å². The number of fused-ring (bicyclic) bond motifs is 1. The lowest BCUT2D eigenvalue weighted by atomic mass is 10.1. The highest BCUT2D eigenvalue weighted by atomic mass is 16.5. The van der Waals surface area contributed by atoms with Crippen LogP contribution in [0.2, 0.25) is 0 Å². The van der Waals surface area contributed by atoms with Gasteiger partial charge >= 0.3 is 0 Å². The first kappa shape index (κ1) is 18.2. The van der Waals surface area contributed by atoms with Crippen molar-refractivity contribution < 1.29 is 9.53 Å². The molecule has 0 bridgehead atoms. The average Bonchev–Trinajstić information content (AvgIpc) is 2.57. The lowest BCUT2D eigenvalue weighted by molar-refractivity contribution is 0.0952. The minimum atomic E-state index is -0.0890. The molecule has 1 aromatic heterocycles. The fourth-order valence-electron chi connectivity index (χ4n) is 2.43. The van der Waals surface area contributed by atoms with Crippen LogP contribution in [0.4, 0.5) is 0 Å². The van der Waals surface area contributed by atoms with Gasteiger partial charge in [-0.2, -0.15) is 0 Å². The van der Waals surface area contributed by atoms with Gasteiger partial charge in [0, 0.05) is 24.5 Å².